The van der Waals surface area contributed by atoms with Crippen molar-refractivity contribution in [3.05, 3.63) is 77.6 Å². The minimum absolute atomic E-state index is 0.0661. The summed E-state index contributed by atoms with van der Waals surface area (Å²) >= 11 is 0. The van der Waals surface area contributed by atoms with Gasteiger partial charge in [0.25, 0.3) is 5.91 Å². The molecule has 0 radical (unpaired) electrons. The van der Waals surface area contributed by atoms with Gasteiger partial charge >= 0.3 is 5.97 Å². The van der Waals surface area contributed by atoms with Crippen molar-refractivity contribution >= 4 is 11.9 Å². The van der Waals surface area contributed by atoms with Crippen LogP contribution >= 0.6 is 0 Å². The molecule has 0 heterocycles. The third-order valence-corrected chi connectivity index (χ3v) is 5.24. The van der Waals surface area contributed by atoms with Gasteiger partial charge in [-0.3, -0.25) is 9.59 Å². The molecule has 2 aromatic rings. The molecule has 1 aliphatic rings. The van der Waals surface area contributed by atoms with Crippen LogP contribution in [0.5, 0.6) is 5.75 Å². The molecule has 1 N–H and O–H groups in total. The fourth-order valence-corrected chi connectivity index (χ4v) is 3.62. The first-order valence-corrected chi connectivity index (χ1v) is 10.5. The highest BCUT2D eigenvalue weighted by molar-refractivity contribution is 5.94. The standard InChI is InChI=1S/C25H29NO4/c1-29-22-14-8-11-20(17-22)18-24(27)30-23(16-15-19-9-4-2-5-10-19)25(28)26-21-12-6-3-7-13-21/h2,4-5,8-11,14,16-17,21H,3,6-7,12-13,15,18H2,1H3,(H,26,28)/b23-16-. The highest BCUT2D eigenvalue weighted by Crippen LogP contribution is 2.18. The number of carbonyl (C=O) groups excluding carboxylic acids is 2. The van der Waals surface area contributed by atoms with E-state index < -0.39 is 5.97 Å². The molecule has 0 aliphatic heterocycles. The van der Waals surface area contributed by atoms with Gasteiger partial charge in [0.1, 0.15) is 5.75 Å². The Labute approximate surface area is 178 Å². The third kappa shape index (κ3) is 6.76. The van der Waals surface area contributed by atoms with Gasteiger partial charge in [-0.05, 0) is 48.6 Å². The maximum Gasteiger partial charge on any atom is 0.315 e. The van der Waals surface area contributed by atoms with Gasteiger partial charge in [0.2, 0.25) is 0 Å². The fraction of sp³-hybridized carbons (Fsp3) is 0.360. The van der Waals surface area contributed by atoms with Crippen molar-refractivity contribution in [2.75, 3.05) is 7.11 Å². The summed E-state index contributed by atoms with van der Waals surface area (Å²) in [6.45, 7) is 0. The number of methoxy groups -OCH3 is 1. The van der Waals surface area contributed by atoms with E-state index in [4.69, 9.17) is 9.47 Å². The predicted molar refractivity (Wildman–Crippen MR) is 116 cm³/mol. The maximum atomic E-state index is 12.8. The van der Waals surface area contributed by atoms with Gasteiger partial charge in [0.15, 0.2) is 5.76 Å². The summed E-state index contributed by atoms with van der Waals surface area (Å²) in [6, 6.07) is 17.2. The molecule has 30 heavy (non-hydrogen) atoms. The fourth-order valence-electron chi connectivity index (χ4n) is 3.62. The van der Waals surface area contributed by atoms with E-state index in [0.717, 1.165) is 36.8 Å². The van der Waals surface area contributed by atoms with Crippen LogP contribution in [0.3, 0.4) is 0 Å². The molecule has 0 aromatic heterocycles. The highest BCUT2D eigenvalue weighted by atomic mass is 16.5. The van der Waals surface area contributed by atoms with Crippen LogP contribution in [0.1, 0.15) is 43.2 Å². The molecule has 5 heteroatoms. The summed E-state index contributed by atoms with van der Waals surface area (Å²) in [6.07, 6.45) is 7.64. The second kappa shape index (κ2) is 11.2. The van der Waals surface area contributed by atoms with Crippen LogP contribution in [0.15, 0.2) is 66.4 Å². The van der Waals surface area contributed by atoms with Crippen LogP contribution in [0.4, 0.5) is 0 Å². The van der Waals surface area contributed by atoms with E-state index >= 15 is 0 Å². The number of benzene rings is 2. The van der Waals surface area contributed by atoms with E-state index in [9.17, 15) is 9.59 Å². The summed E-state index contributed by atoms with van der Waals surface area (Å²) in [7, 11) is 1.58. The van der Waals surface area contributed by atoms with E-state index in [2.05, 4.69) is 5.32 Å². The van der Waals surface area contributed by atoms with E-state index in [0.29, 0.717) is 12.2 Å². The van der Waals surface area contributed by atoms with Crippen molar-refractivity contribution in [2.45, 2.75) is 51.0 Å². The molecule has 1 amide bonds. The lowest BCUT2D eigenvalue weighted by molar-refractivity contribution is -0.142. The molecule has 0 atom stereocenters. The molecule has 1 aliphatic carbocycles. The average molecular weight is 408 g/mol. The largest absolute Gasteiger partial charge is 0.497 e. The number of rotatable bonds is 8. The quantitative estimate of drug-likeness (QED) is 0.401. The van der Waals surface area contributed by atoms with E-state index in [1.165, 1.54) is 6.42 Å². The van der Waals surface area contributed by atoms with Crippen molar-refractivity contribution in [1.82, 2.24) is 5.32 Å². The van der Waals surface area contributed by atoms with Gasteiger partial charge < -0.3 is 14.8 Å². The van der Waals surface area contributed by atoms with Crippen molar-refractivity contribution in [1.29, 1.82) is 0 Å². The lowest BCUT2D eigenvalue weighted by Gasteiger charge is -2.23. The molecule has 2 aromatic carbocycles. The van der Waals surface area contributed by atoms with E-state index in [-0.39, 0.29) is 24.1 Å². The molecule has 0 bridgehead atoms. The molecule has 0 saturated heterocycles. The monoisotopic (exact) mass is 407 g/mol. The van der Waals surface area contributed by atoms with Gasteiger partial charge in [-0.15, -0.1) is 0 Å². The number of carbonyl (C=O) groups is 2. The first-order valence-electron chi connectivity index (χ1n) is 10.5. The molecular weight excluding hydrogens is 378 g/mol. The minimum Gasteiger partial charge on any atom is -0.497 e. The number of allylic oxidation sites excluding steroid dienone is 1. The molecule has 1 saturated carbocycles. The second-order valence-corrected chi connectivity index (χ2v) is 7.57. The summed E-state index contributed by atoms with van der Waals surface area (Å²) in [5, 5.41) is 3.04. The summed E-state index contributed by atoms with van der Waals surface area (Å²) in [5.74, 6) is -0.0503. The number of esters is 1. The molecule has 5 nitrogen and oxygen atoms in total. The van der Waals surface area contributed by atoms with Crippen molar-refractivity contribution < 1.29 is 19.1 Å². The highest BCUT2D eigenvalue weighted by Gasteiger charge is 2.21. The van der Waals surface area contributed by atoms with Crippen LogP contribution in [0, 0.1) is 0 Å². The zero-order valence-electron chi connectivity index (χ0n) is 17.4. The lowest BCUT2D eigenvalue weighted by Crippen LogP contribution is -2.38. The first-order chi connectivity index (χ1) is 14.6. The zero-order chi connectivity index (χ0) is 21.2. The first kappa shape index (κ1) is 21.6. The Morgan fingerprint density at radius 3 is 2.47 bits per heavy atom. The number of ether oxygens (including phenoxy) is 2. The van der Waals surface area contributed by atoms with Crippen LogP contribution in [-0.2, 0) is 27.2 Å². The predicted octanol–water partition coefficient (Wildman–Crippen LogP) is 4.36. The molecule has 158 valence electrons. The summed E-state index contributed by atoms with van der Waals surface area (Å²) < 4.78 is 10.7. The van der Waals surface area contributed by atoms with E-state index in [1.54, 1.807) is 19.3 Å². The number of hydrogen-bond donors (Lipinski definition) is 1. The van der Waals surface area contributed by atoms with Crippen LogP contribution in [-0.4, -0.2) is 25.0 Å². The number of amides is 1. The van der Waals surface area contributed by atoms with Gasteiger partial charge in [-0.2, -0.15) is 0 Å². The number of hydrogen-bond acceptors (Lipinski definition) is 4. The van der Waals surface area contributed by atoms with Gasteiger partial charge in [-0.25, -0.2) is 0 Å². The second-order valence-electron chi connectivity index (χ2n) is 7.57. The topological polar surface area (TPSA) is 64.6 Å². The van der Waals surface area contributed by atoms with Crippen LogP contribution in [0.2, 0.25) is 0 Å². The Kier molecular flexibility index (Phi) is 8.07. The average Bonchev–Trinajstić information content (AvgIpc) is 2.78. The van der Waals surface area contributed by atoms with Crippen molar-refractivity contribution in [2.24, 2.45) is 0 Å². The summed E-state index contributed by atoms with van der Waals surface area (Å²) in [5.41, 5.74) is 1.82. The normalized spacial score (nSPS) is 14.8. The molecular formula is C25H29NO4. The van der Waals surface area contributed by atoms with Gasteiger partial charge in [0, 0.05) is 6.04 Å². The van der Waals surface area contributed by atoms with E-state index in [1.807, 2.05) is 48.5 Å². The Morgan fingerprint density at radius 1 is 1.00 bits per heavy atom. The molecule has 0 unspecified atom stereocenters. The Balaban J connectivity index is 1.68. The molecule has 0 spiro atoms. The molecule has 1 fully saturated rings. The van der Waals surface area contributed by atoms with Crippen LogP contribution < -0.4 is 10.1 Å². The smallest absolute Gasteiger partial charge is 0.315 e. The summed E-state index contributed by atoms with van der Waals surface area (Å²) in [4.78, 5) is 25.4. The van der Waals surface area contributed by atoms with Gasteiger partial charge in [0.05, 0.1) is 13.5 Å². The molecule has 3 rings (SSSR count). The Morgan fingerprint density at radius 2 is 1.73 bits per heavy atom. The van der Waals surface area contributed by atoms with Crippen molar-refractivity contribution in [3.8, 4) is 5.75 Å². The van der Waals surface area contributed by atoms with Crippen LogP contribution in [0.25, 0.3) is 0 Å². The Bertz CT molecular complexity index is 870. The lowest BCUT2D eigenvalue weighted by atomic mass is 9.95. The van der Waals surface area contributed by atoms with Gasteiger partial charge in [-0.1, -0.05) is 61.7 Å². The SMILES string of the molecule is COc1cccc(CC(=O)O/C(=C\Cc2ccccc2)C(=O)NC2CCCCC2)c1. The number of nitrogens with one attached hydrogen (secondary N) is 1. The van der Waals surface area contributed by atoms with Crippen molar-refractivity contribution in [3.63, 3.8) is 0 Å². The Hall–Kier alpha value is -3.08. The minimum atomic E-state index is -0.471. The maximum absolute atomic E-state index is 12.8. The third-order valence-electron chi connectivity index (χ3n) is 5.24. The zero-order valence-corrected chi connectivity index (χ0v) is 17.4.